The van der Waals surface area contributed by atoms with Crippen LogP contribution < -0.4 is 5.32 Å². The summed E-state index contributed by atoms with van der Waals surface area (Å²) in [4.78, 5) is 25.2. The second-order valence-electron chi connectivity index (χ2n) is 7.48. The van der Waals surface area contributed by atoms with Crippen LogP contribution in [-0.4, -0.2) is 60.4 Å². The molecule has 1 aliphatic rings. The van der Waals surface area contributed by atoms with Crippen LogP contribution in [0.5, 0.6) is 0 Å². The van der Waals surface area contributed by atoms with Gasteiger partial charge in [-0.15, -0.1) is 0 Å². The van der Waals surface area contributed by atoms with Gasteiger partial charge >= 0.3 is 0 Å². The third-order valence-corrected chi connectivity index (χ3v) is 7.27. The lowest BCUT2D eigenvalue weighted by Gasteiger charge is -2.33. The molecule has 2 aromatic carbocycles. The molecular formula is C21H26N4O5S. The largest absolute Gasteiger partial charge is 0.321 e. The standard InChI is InChI=1S/C21H26N4O5S/c1-3-31(29,30)24-12-10-23(11-13-24)15-17-5-7-18(8-6-17)21(26)22-20-14-19(25(27)28)9-4-16(20)2/h4-9,14H,3,10-13,15H2,1-2H3,(H,22,26). The molecule has 166 valence electrons. The average Bonchev–Trinajstić information content (AvgIpc) is 2.76. The Morgan fingerprint density at radius 1 is 1.10 bits per heavy atom. The molecule has 1 aliphatic heterocycles. The number of piperazine rings is 1. The number of rotatable bonds is 7. The first-order valence-electron chi connectivity index (χ1n) is 10.0. The van der Waals surface area contributed by atoms with Crippen LogP contribution in [0.25, 0.3) is 0 Å². The molecular weight excluding hydrogens is 420 g/mol. The molecule has 9 nitrogen and oxygen atoms in total. The minimum atomic E-state index is -3.14. The van der Waals surface area contributed by atoms with E-state index < -0.39 is 14.9 Å². The first kappa shape index (κ1) is 22.9. The van der Waals surface area contributed by atoms with Crippen molar-refractivity contribution in [2.24, 2.45) is 0 Å². The highest BCUT2D eigenvalue weighted by atomic mass is 32.2. The summed E-state index contributed by atoms with van der Waals surface area (Å²) >= 11 is 0. The van der Waals surface area contributed by atoms with Crippen molar-refractivity contribution in [3.63, 3.8) is 0 Å². The number of non-ortho nitro benzene ring substituents is 1. The van der Waals surface area contributed by atoms with Crippen molar-refractivity contribution in [2.75, 3.05) is 37.2 Å². The van der Waals surface area contributed by atoms with Crippen LogP contribution in [-0.2, 0) is 16.6 Å². The molecule has 0 aliphatic carbocycles. The summed E-state index contributed by atoms with van der Waals surface area (Å²) in [6.45, 7) is 6.39. The van der Waals surface area contributed by atoms with Gasteiger partial charge in [0.05, 0.1) is 16.4 Å². The van der Waals surface area contributed by atoms with E-state index in [1.54, 1.807) is 32.0 Å². The van der Waals surface area contributed by atoms with Gasteiger partial charge in [-0.05, 0) is 37.1 Å². The minimum Gasteiger partial charge on any atom is -0.321 e. The summed E-state index contributed by atoms with van der Waals surface area (Å²) in [5.74, 6) is -0.222. The molecule has 31 heavy (non-hydrogen) atoms. The summed E-state index contributed by atoms with van der Waals surface area (Å²) in [6, 6.07) is 11.5. The number of aryl methyl sites for hydroxylation is 1. The van der Waals surface area contributed by atoms with Crippen molar-refractivity contribution in [1.82, 2.24) is 9.21 Å². The van der Waals surface area contributed by atoms with Crippen molar-refractivity contribution in [2.45, 2.75) is 20.4 Å². The molecule has 1 saturated heterocycles. The first-order valence-corrected chi connectivity index (χ1v) is 11.7. The first-order chi connectivity index (χ1) is 14.7. The number of nitrogens with zero attached hydrogens (tertiary/aromatic N) is 3. The molecule has 0 aromatic heterocycles. The number of nitrogens with one attached hydrogen (secondary N) is 1. The Morgan fingerprint density at radius 3 is 2.32 bits per heavy atom. The second kappa shape index (κ2) is 9.54. The maximum Gasteiger partial charge on any atom is 0.271 e. The van der Waals surface area contributed by atoms with Gasteiger partial charge in [0.2, 0.25) is 10.0 Å². The lowest BCUT2D eigenvalue weighted by Crippen LogP contribution is -2.48. The fourth-order valence-corrected chi connectivity index (χ4v) is 4.51. The molecule has 0 unspecified atom stereocenters. The highest BCUT2D eigenvalue weighted by Gasteiger charge is 2.25. The number of anilines is 1. The lowest BCUT2D eigenvalue weighted by atomic mass is 10.1. The summed E-state index contributed by atoms with van der Waals surface area (Å²) in [5, 5.41) is 13.7. The van der Waals surface area contributed by atoms with E-state index >= 15 is 0 Å². The molecule has 1 amide bonds. The summed E-state index contributed by atoms with van der Waals surface area (Å²) in [6.07, 6.45) is 0. The van der Waals surface area contributed by atoms with Crippen LogP contribution in [0.2, 0.25) is 0 Å². The number of nitro groups is 1. The SMILES string of the molecule is CCS(=O)(=O)N1CCN(Cc2ccc(C(=O)Nc3cc([N+](=O)[O-])ccc3C)cc2)CC1. The second-order valence-corrected chi connectivity index (χ2v) is 9.74. The van der Waals surface area contributed by atoms with Crippen molar-refractivity contribution in [1.29, 1.82) is 0 Å². The van der Waals surface area contributed by atoms with E-state index in [0.717, 1.165) is 11.1 Å². The number of carbonyl (C=O) groups is 1. The molecule has 3 rings (SSSR count). The molecule has 1 N–H and O–H groups in total. The fourth-order valence-electron chi connectivity index (χ4n) is 3.42. The normalized spacial score (nSPS) is 15.5. The van der Waals surface area contributed by atoms with Gasteiger partial charge in [0, 0.05) is 50.4 Å². The van der Waals surface area contributed by atoms with Crippen LogP contribution in [0.1, 0.15) is 28.4 Å². The Morgan fingerprint density at radius 2 is 1.74 bits per heavy atom. The van der Waals surface area contributed by atoms with Crippen LogP contribution in [0.3, 0.4) is 0 Å². The van der Waals surface area contributed by atoms with Gasteiger partial charge < -0.3 is 5.32 Å². The van der Waals surface area contributed by atoms with E-state index in [9.17, 15) is 23.3 Å². The van der Waals surface area contributed by atoms with Gasteiger partial charge in [0.15, 0.2) is 0 Å². The molecule has 0 saturated carbocycles. The molecule has 1 fully saturated rings. The van der Waals surface area contributed by atoms with Crippen LogP contribution in [0.4, 0.5) is 11.4 Å². The van der Waals surface area contributed by atoms with E-state index in [-0.39, 0.29) is 17.3 Å². The number of amides is 1. The zero-order valence-electron chi connectivity index (χ0n) is 17.6. The van der Waals surface area contributed by atoms with Crippen molar-refractivity contribution >= 4 is 27.3 Å². The highest BCUT2D eigenvalue weighted by molar-refractivity contribution is 7.89. The molecule has 0 atom stereocenters. The Bertz CT molecular complexity index is 1060. The average molecular weight is 447 g/mol. The molecule has 2 aromatic rings. The molecule has 0 radical (unpaired) electrons. The maximum absolute atomic E-state index is 12.6. The van der Waals surface area contributed by atoms with Crippen molar-refractivity contribution in [3.8, 4) is 0 Å². The third kappa shape index (κ3) is 5.66. The Kier molecular flexibility index (Phi) is 7.04. The van der Waals surface area contributed by atoms with Gasteiger partial charge in [0.25, 0.3) is 11.6 Å². The van der Waals surface area contributed by atoms with E-state index in [1.807, 2.05) is 12.1 Å². The predicted octanol–water partition coefficient (Wildman–Crippen LogP) is 2.62. The zero-order valence-corrected chi connectivity index (χ0v) is 18.4. The van der Waals surface area contributed by atoms with Crippen molar-refractivity contribution < 1.29 is 18.1 Å². The number of benzene rings is 2. The van der Waals surface area contributed by atoms with Gasteiger partial charge in [-0.25, -0.2) is 8.42 Å². The monoisotopic (exact) mass is 446 g/mol. The maximum atomic E-state index is 12.6. The van der Waals surface area contributed by atoms with Gasteiger partial charge in [-0.1, -0.05) is 18.2 Å². The Balaban J connectivity index is 1.59. The van der Waals surface area contributed by atoms with Gasteiger partial charge in [-0.2, -0.15) is 4.31 Å². The summed E-state index contributed by atoms with van der Waals surface area (Å²) in [7, 11) is -3.14. The third-order valence-electron chi connectivity index (χ3n) is 5.39. The molecule has 0 bridgehead atoms. The molecule has 1 heterocycles. The van der Waals surface area contributed by atoms with E-state index in [2.05, 4.69) is 10.2 Å². The van der Waals surface area contributed by atoms with E-state index in [0.29, 0.717) is 44.0 Å². The van der Waals surface area contributed by atoms with Crippen LogP contribution >= 0.6 is 0 Å². The van der Waals surface area contributed by atoms with Crippen LogP contribution in [0, 0.1) is 17.0 Å². The lowest BCUT2D eigenvalue weighted by molar-refractivity contribution is -0.384. The quantitative estimate of drug-likeness (QED) is 0.517. The smallest absolute Gasteiger partial charge is 0.271 e. The van der Waals surface area contributed by atoms with Crippen LogP contribution in [0.15, 0.2) is 42.5 Å². The van der Waals surface area contributed by atoms with Crippen molar-refractivity contribution in [3.05, 3.63) is 69.3 Å². The summed E-state index contributed by atoms with van der Waals surface area (Å²) < 4.78 is 25.5. The molecule has 10 heteroatoms. The molecule has 0 spiro atoms. The number of carbonyl (C=O) groups excluding carboxylic acids is 1. The number of hydrogen-bond donors (Lipinski definition) is 1. The highest BCUT2D eigenvalue weighted by Crippen LogP contribution is 2.22. The summed E-state index contributed by atoms with van der Waals surface area (Å²) in [5.41, 5.74) is 2.54. The zero-order chi connectivity index (χ0) is 22.6. The topological polar surface area (TPSA) is 113 Å². The van der Waals surface area contributed by atoms with Gasteiger partial charge in [-0.3, -0.25) is 19.8 Å². The number of hydrogen-bond acceptors (Lipinski definition) is 6. The Labute approximate surface area is 181 Å². The number of nitro benzene ring substituents is 1. The predicted molar refractivity (Wildman–Crippen MR) is 119 cm³/mol. The fraction of sp³-hybridized carbons (Fsp3) is 0.381. The van der Waals surface area contributed by atoms with E-state index in [1.165, 1.54) is 16.4 Å². The minimum absolute atomic E-state index is 0.0805. The number of sulfonamides is 1. The van der Waals surface area contributed by atoms with Gasteiger partial charge in [0.1, 0.15) is 0 Å². The Hall–Kier alpha value is -2.82. The van der Waals surface area contributed by atoms with E-state index in [4.69, 9.17) is 0 Å².